The predicted octanol–water partition coefficient (Wildman–Crippen LogP) is 3.30. The van der Waals surface area contributed by atoms with Crippen molar-refractivity contribution >= 4 is 33.2 Å². The number of nitrogens with one attached hydrogen (secondary N) is 1. The van der Waals surface area contributed by atoms with E-state index in [0.717, 1.165) is 15.7 Å². The number of nitrogens with zero attached hydrogens (tertiary/aromatic N) is 1. The van der Waals surface area contributed by atoms with Crippen molar-refractivity contribution in [2.75, 3.05) is 11.1 Å². The highest BCUT2D eigenvalue weighted by molar-refractivity contribution is 9.10. The third kappa shape index (κ3) is 3.32. The Morgan fingerprint density at radius 2 is 2.00 bits per heavy atom. The van der Waals surface area contributed by atoms with Crippen LogP contribution in [0.4, 0.5) is 11.4 Å². The maximum atomic E-state index is 12.1. The zero-order valence-electron chi connectivity index (χ0n) is 10.7. The Labute approximate surface area is 120 Å². The fourth-order valence-electron chi connectivity index (χ4n) is 1.77. The van der Waals surface area contributed by atoms with E-state index in [2.05, 4.69) is 26.2 Å². The first-order chi connectivity index (χ1) is 8.95. The Bertz CT molecular complexity index is 620. The lowest BCUT2D eigenvalue weighted by atomic mass is 10.1. The average molecular weight is 320 g/mol. The standard InChI is InChI=1S/C14H14BrN3O/c1-8-3-10(6-11(16)4-8)14(19)18-12-5-9(2)13(15)17-7-12/h3-7H,16H2,1-2H3,(H,18,19). The van der Waals surface area contributed by atoms with Crippen LogP contribution in [-0.2, 0) is 0 Å². The minimum atomic E-state index is -0.195. The molecule has 98 valence electrons. The lowest BCUT2D eigenvalue weighted by molar-refractivity contribution is 0.102. The smallest absolute Gasteiger partial charge is 0.255 e. The topological polar surface area (TPSA) is 68.0 Å². The number of carbonyl (C=O) groups excluding carboxylic acids is 1. The summed E-state index contributed by atoms with van der Waals surface area (Å²) >= 11 is 3.32. The third-order valence-corrected chi connectivity index (χ3v) is 3.46. The summed E-state index contributed by atoms with van der Waals surface area (Å²) in [6.45, 7) is 3.82. The lowest BCUT2D eigenvalue weighted by Gasteiger charge is -2.08. The highest BCUT2D eigenvalue weighted by Gasteiger charge is 2.08. The number of aromatic nitrogens is 1. The Morgan fingerprint density at radius 1 is 1.26 bits per heavy atom. The van der Waals surface area contributed by atoms with Gasteiger partial charge in [0.15, 0.2) is 0 Å². The first kappa shape index (κ1) is 13.5. The van der Waals surface area contributed by atoms with E-state index in [1.807, 2.05) is 26.0 Å². The molecule has 0 bridgehead atoms. The van der Waals surface area contributed by atoms with Crippen LogP contribution in [0.25, 0.3) is 0 Å². The number of nitrogens with two attached hydrogens (primary N) is 1. The molecule has 3 N–H and O–H groups in total. The summed E-state index contributed by atoms with van der Waals surface area (Å²) in [5.74, 6) is -0.195. The molecule has 0 saturated carbocycles. The van der Waals surface area contributed by atoms with E-state index in [1.165, 1.54) is 0 Å². The van der Waals surface area contributed by atoms with E-state index >= 15 is 0 Å². The molecule has 1 aromatic carbocycles. The normalized spacial score (nSPS) is 10.3. The van der Waals surface area contributed by atoms with Crippen molar-refractivity contribution in [1.82, 2.24) is 4.98 Å². The molecule has 2 aromatic rings. The van der Waals surface area contributed by atoms with Crippen LogP contribution in [0.1, 0.15) is 21.5 Å². The van der Waals surface area contributed by atoms with E-state index < -0.39 is 0 Å². The van der Waals surface area contributed by atoms with E-state index in [0.29, 0.717) is 16.9 Å². The molecule has 0 spiro atoms. The monoisotopic (exact) mass is 319 g/mol. The van der Waals surface area contributed by atoms with E-state index in [9.17, 15) is 4.79 Å². The molecule has 2 rings (SSSR count). The second-order valence-corrected chi connectivity index (χ2v) is 5.17. The molecule has 5 heteroatoms. The van der Waals surface area contributed by atoms with Crippen LogP contribution >= 0.6 is 15.9 Å². The zero-order chi connectivity index (χ0) is 14.0. The Kier molecular flexibility index (Phi) is 3.85. The Balaban J connectivity index is 2.22. The summed E-state index contributed by atoms with van der Waals surface area (Å²) in [5.41, 5.74) is 9.43. The van der Waals surface area contributed by atoms with Gasteiger partial charge in [0.2, 0.25) is 0 Å². The minimum Gasteiger partial charge on any atom is -0.399 e. The van der Waals surface area contributed by atoms with Gasteiger partial charge in [0.1, 0.15) is 4.60 Å². The number of rotatable bonds is 2. The number of anilines is 2. The Morgan fingerprint density at radius 3 is 2.63 bits per heavy atom. The molecule has 1 aromatic heterocycles. The molecule has 19 heavy (non-hydrogen) atoms. The number of pyridine rings is 1. The second kappa shape index (κ2) is 5.40. The lowest BCUT2D eigenvalue weighted by Crippen LogP contribution is -2.13. The van der Waals surface area contributed by atoms with Crippen molar-refractivity contribution in [3.63, 3.8) is 0 Å². The number of amides is 1. The molecule has 0 atom stereocenters. The molecule has 0 saturated heterocycles. The summed E-state index contributed by atoms with van der Waals surface area (Å²) < 4.78 is 0.769. The fraction of sp³-hybridized carbons (Fsp3) is 0.143. The van der Waals surface area contributed by atoms with Crippen LogP contribution in [0.2, 0.25) is 0 Å². The zero-order valence-corrected chi connectivity index (χ0v) is 12.3. The van der Waals surface area contributed by atoms with Crippen LogP contribution in [0, 0.1) is 13.8 Å². The summed E-state index contributed by atoms with van der Waals surface area (Å²) in [4.78, 5) is 16.2. The molecule has 0 aliphatic heterocycles. The van der Waals surface area contributed by atoms with Gasteiger partial charge in [-0.25, -0.2) is 4.98 Å². The molecule has 0 aliphatic rings. The first-order valence-electron chi connectivity index (χ1n) is 5.76. The molecular formula is C14H14BrN3O. The van der Waals surface area contributed by atoms with Crippen molar-refractivity contribution in [1.29, 1.82) is 0 Å². The highest BCUT2D eigenvalue weighted by atomic mass is 79.9. The molecule has 0 aliphatic carbocycles. The third-order valence-electron chi connectivity index (χ3n) is 2.63. The van der Waals surface area contributed by atoms with Gasteiger partial charge in [-0.2, -0.15) is 0 Å². The van der Waals surface area contributed by atoms with Gasteiger partial charge in [0.05, 0.1) is 11.9 Å². The number of benzene rings is 1. The number of hydrogen-bond donors (Lipinski definition) is 2. The highest BCUT2D eigenvalue weighted by Crippen LogP contribution is 2.18. The molecule has 0 radical (unpaired) electrons. The second-order valence-electron chi connectivity index (χ2n) is 4.42. The van der Waals surface area contributed by atoms with E-state index in [-0.39, 0.29) is 5.91 Å². The van der Waals surface area contributed by atoms with Crippen LogP contribution < -0.4 is 11.1 Å². The molecule has 0 unspecified atom stereocenters. The van der Waals surface area contributed by atoms with Gasteiger partial charge < -0.3 is 11.1 Å². The number of hydrogen-bond acceptors (Lipinski definition) is 3. The summed E-state index contributed by atoms with van der Waals surface area (Å²) in [6.07, 6.45) is 1.61. The SMILES string of the molecule is Cc1cc(N)cc(C(=O)Nc2cnc(Br)c(C)c2)c1. The summed E-state index contributed by atoms with van der Waals surface area (Å²) in [7, 11) is 0. The van der Waals surface area contributed by atoms with Gasteiger partial charge >= 0.3 is 0 Å². The quantitative estimate of drug-likeness (QED) is 0.659. The first-order valence-corrected chi connectivity index (χ1v) is 6.55. The van der Waals surface area contributed by atoms with Crippen molar-refractivity contribution < 1.29 is 4.79 Å². The maximum Gasteiger partial charge on any atom is 0.255 e. The largest absolute Gasteiger partial charge is 0.399 e. The van der Waals surface area contributed by atoms with E-state index in [4.69, 9.17) is 5.73 Å². The summed E-state index contributed by atoms with van der Waals surface area (Å²) in [5, 5.41) is 2.80. The van der Waals surface area contributed by atoms with Gasteiger partial charge in [-0.1, -0.05) is 0 Å². The molecule has 1 amide bonds. The van der Waals surface area contributed by atoms with Crippen molar-refractivity contribution in [3.05, 3.63) is 51.8 Å². The van der Waals surface area contributed by atoms with Crippen LogP contribution in [0.15, 0.2) is 35.1 Å². The van der Waals surface area contributed by atoms with E-state index in [1.54, 1.807) is 18.3 Å². The minimum absolute atomic E-state index is 0.195. The maximum absolute atomic E-state index is 12.1. The fourth-order valence-corrected chi connectivity index (χ4v) is 1.99. The van der Waals surface area contributed by atoms with Gasteiger partial charge in [-0.3, -0.25) is 4.79 Å². The molecule has 1 heterocycles. The van der Waals surface area contributed by atoms with Crippen molar-refractivity contribution in [3.8, 4) is 0 Å². The van der Waals surface area contributed by atoms with Gasteiger partial charge in [-0.05, 0) is 65.2 Å². The van der Waals surface area contributed by atoms with Gasteiger partial charge in [0, 0.05) is 11.3 Å². The van der Waals surface area contributed by atoms with Crippen molar-refractivity contribution in [2.24, 2.45) is 0 Å². The van der Waals surface area contributed by atoms with Crippen LogP contribution in [0.3, 0.4) is 0 Å². The predicted molar refractivity (Wildman–Crippen MR) is 80.2 cm³/mol. The number of aryl methyl sites for hydroxylation is 2. The van der Waals surface area contributed by atoms with Gasteiger partial charge in [0.25, 0.3) is 5.91 Å². The van der Waals surface area contributed by atoms with Crippen molar-refractivity contribution in [2.45, 2.75) is 13.8 Å². The molecular weight excluding hydrogens is 306 g/mol. The number of nitrogen functional groups attached to an aromatic ring is 1. The average Bonchev–Trinajstić information content (AvgIpc) is 2.32. The van der Waals surface area contributed by atoms with Crippen LogP contribution in [0.5, 0.6) is 0 Å². The molecule has 4 nitrogen and oxygen atoms in total. The Hall–Kier alpha value is -1.88. The number of carbonyl (C=O) groups is 1. The summed E-state index contributed by atoms with van der Waals surface area (Å²) in [6, 6.07) is 7.13. The molecule has 0 fully saturated rings. The van der Waals surface area contributed by atoms with Gasteiger partial charge in [-0.15, -0.1) is 0 Å². The van der Waals surface area contributed by atoms with Crippen LogP contribution in [-0.4, -0.2) is 10.9 Å². The number of halogens is 1.